The molecule has 0 radical (unpaired) electrons. The summed E-state index contributed by atoms with van der Waals surface area (Å²) >= 11 is 5.85. The first kappa shape index (κ1) is 15.8. The molecule has 0 saturated carbocycles. The maximum atomic E-state index is 12.6. The van der Waals surface area contributed by atoms with E-state index in [1.54, 1.807) is 6.07 Å². The molecule has 2 rings (SSSR count). The summed E-state index contributed by atoms with van der Waals surface area (Å²) in [6.45, 7) is 1.48. The first-order chi connectivity index (χ1) is 9.72. The Morgan fingerprint density at radius 2 is 2.19 bits per heavy atom. The van der Waals surface area contributed by atoms with Gasteiger partial charge < -0.3 is 5.11 Å². The van der Waals surface area contributed by atoms with Gasteiger partial charge in [0.2, 0.25) is 10.0 Å². The molecule has 0 unspecified atom stereocenters. The Balaban J connectivity index is 2.44. The predicted molar refractivity (Wildman–Crippen MR) is 75.3 cm³/mol. The first-order valence-electron chi connectivity index (χ1n) is 6.14. The zero-order valence-electron chi connectivity index (χ0n) is 11.2. The van der Waals surface area contributed by atoms with Crippen LogP contribution in [0.4, 0.5) is 0 Å². The number of carboxylic acids is 1. The monoisotopic (exact) mass is 328 g/mol. The van der Waals surface area contributed by atoms with Gasteiger partial charge in [-0.15, -0.1) is 0 Å². The Labute approximate surface area is 127 Å². The minimum atomic E-state index is -3.95. The molecule has 8 heteroatoms. The van der Waals surface area contributed by atoms with Crippen molar-refractivity contribution in [2.75, 3.05) is 13.1 Å². The smallest absolute Gasteiger partial charge is 0.310 e. The van der Waals surface area contributed by atoms with Gasteiger partial charge in [0, 0.05) is 13.1 Å². The summed E-state index contributed by atoms with van der Waals surface area (Å²) in [5.41, 5.74) is -1.23. The molecule has 1 aliphatic rings. The number of benzene rings is 1. The molecule has 1 heterocycles. The van der Waals surface area contributed by atoms with E-state index in [1.165, 1.54) is 25.1 Å². The van der Waals surface area contributed by atoms with Gasteiger partial charge in [-0.25, -0.2) is 8.42 Å². The van der Waals surface area contributed by atoms with Crippen molar-refractivity contribution in [3.05, 3.63) is 28.8 Å². The number of carbonyl (C=O) groups is 1. The van der Waals surface area contributed by atoms with Gasteiger partial charge in [-0.3, -0.25) is 4.79 Å². The van der Waals surface area contributed by atoms with E-state index in [-0.39, 0.29) is 35.0 Å². The van der Waals surface area contributed by atoms with E-state index < -0.39 is 21.4 Å². The van der Waals surface area contributed by atoms with Crippen molar-refractivity contribution in [2.45, 2.75) is 18.2 Å². The molecule has 1 aromatic carbocycles. The number of rotatable bonds is 3. The molecule has 1 atom stereocenters. The van der Waals surface area contributed by atoms with Crippen molar-refractivity contribution in [2.24, 2.45) is 5.41 Å². The lowest BCUT2D eigenvalue weighted by Crippen LogP contribution is -2.35. The number of hydrogen-bond acceptors (Lipinski definition) is 4. The van der Waals surface area contributed by atoms with Crippen LogP contribution in [0.1, 0.15) is 18.9 Å². The highest BCUT2D eigenvalue weighted by molar-refractivity contribution is 7.89. The number of nitrogens with zero attached hydrogens (tertiary/aromatic N) is 2. The van der Waals surface area contributed by atoms with Crippen molar-refractivity contribution in [3.63, 3.8) is 0 Å². The second kappa shape index (κ2) is 5.30. The average Bonchev–Trinajstić information content (AvgIpc) is 2.83. The fourth-order valence-corrected chi connectivity index (χ4v) is 4.27. The molecule has 0 amide bonds. The Bertz CT molecular complexity index is 741. The standard InChI is InChI=1S/C13H13ClN2O4S/c1-13(12(17)18)5-6-16(8-13)21(19,20)11-4-2-3-10(14)9(11)7-15/h2-4H,5-6,8H2,1H3,(H,17,18)/t13-/m1/s1. The van der Waals surface area contributed by atoms with Crippen LogP contribution in [0.25, 0.3) is 0 Å². The second-order valence-corrected chi connectivity index (χ2v) is 7.49. The van der Waals surface area contributed by atoms with E-state index in [4.69, 9.17) is 16.9 Å². The maximum Gasteiger partial charge on any atom is 0.310 e. The number of nitriles is 1. The zero-order chi connectivity index (χ0) is 15.8. The summed E-state index contributed by atoms with van der Waals surface area (Å²) in [5.74, 6) is -1.04. The third kappa shape index (κ3) is 2.62. The van der Waals surface area contributed by atoms with E-state index in [2.05, 4.69) is 0 Å². The minimum absolute atomic E-state index is 0.0544. The molecule has 1 aromatic rings. The lowest BCUT2D eigenvalue weighted by atomic mass is 9.90. The Kier molecular flexibility index (Phi) is 3.97. The van der Waals surface area contributed by atoms with Gasteiger partial charge in [-0.05, 0) is 25.5 Å². The molecule has 1 N–H and O–H groups in total. The van der Waals surface area contributed by atoms with Crippen LogP contribution >= 0.6 is 11.6 Å². The molecule has 1 fully saturated rings. The van der Waals surface area contributed by atoms with Crippen molar-refractivity contribution in [3.8, 4) is 6.07 Å². The van der Waals surface area contributed by atoms with E-state index in [1.807, 2.05) is 0 Å². The van der Waals surface area contributed by atoms with Crippen molar-refractivity contribution < 1.29 is 18.3 Å². The van der Waals surface area contributed by atoms with Gasteiger partial charge in [-0.1, -0.05) is 17.7 Å². The molecule has 1 aliphatic heterocycles. The van der Waals surface area contributed by atoms with Crippen LogP contribution in [0.3, 0.4) is 0 Å². The van der Waals surface area contributed by atoms with Gasteiger partial charge in [-0.2, -0.15) is 9.57 Å². The van der Waals surface area contributed by atoms with Crippen molar-refractivity contribution in [1.82, 2.24) is 4.31 Å². The Morgan fingerprint density at radius 1 is 1.52 bits per heavy atom. The summed E-state index contributed by atoms with van der Waals surface area (Å²) in [5, 5.41) is 18.3. The highest BCUT2D eigenvalue weighted by Crippen LogP contribution is 2.35. The van der Waals surface area contributed by atoms with E-state index in [9.17, 15) is 18.3 Å². The lowest BCUT2D eigenvalue weighted by Gasteiger charge is -2.20. The maximum absolute atomic E-state index is 12.6. The minimum Gasteiger partial charge on any atom is -0.481 e. The van der Waals surface area contributed by atoms with Crippen LogP contribution in [0.15, 0.2) is 23.1 Å². The molecule has 0 aromatic heterocycles. The largest absolute Gasteiger partial charge is 0.481 e. The fraction of sp³-hybridized carbons (Fsp3) is 0.385. The van der Waals surface area contributed by atoms with Crippen LogP contribution in [0, 0.1) is 16.7 Å². The summed E-state index contributed by atoms with van der Waals surface area (Å²) in [6, 6.07) is 5.97. The molecule has 21 heavy (non-hydrogen) atoms. The van der Waals surface area contributed by atoms with Crippen LogP contribution in [0.2, 0.25) is 5.02 Å². The normalized spacial score (nSPS) is 22.9. The number of aliphatic carboxylic acids is 1. The lowest BCUT2D eigenvalue weighted by molar-refractivity contribution is -0.146. The highest BCUT2D eigenvalue weighted by atomic mass is 35.5. The van der Waals surface area contributed by atoms with Gasteiger partial charge in [0.05, 0.1) is 16.0 Å². The van der Waals surface area contributed by atoms with E-state index in [0.29, 0.717) is 0 Å². The molecule has 6 nitrogen and oxygen atoms in total. The molecule has 0 bridgehead atoms. The third-order valence-corrected chi connectivity index (χ3v) is 5.86. The van der Waals surface area contributed by atoms with Crippen LogP contribution in [0.5, 0.6) is 0 Å². The van der Waals surface area contributed by atoms with Gasteiger partial charge >= 0.3 is 5.97 Å². The molecule has 1 saturated heterocycles. The quantitative estimate of drug-likeness (QED) is 0.910. The number of hydrogen-bond donors (Lipinski definition) is 1. The summed E-state index contributed by atoms with van der Waals surface area (Å²) in [4.78, 5) is 11.0. The zero-order valence-corrected chi connectivity index (χ0v) is 12.8. The first-order valence-corrected chi connectivity index (χ1v) is 7.96. The topological polar surface area (TPSA) is 98.5 Å². The third-order valence-electron chi connectivity index (χ3n) is 3.66. The molecule has 0 aliphatic carbocycles. The van der Waals surface area contributed by atoms with Gasteiger partial charge in [0.15, 0.2) is 0 Å². The Hall–Kier alpha value is -1.62. The fourth-order valence-electron chi connectivity index (χ4n) is 2.27. The molecular formula is C13H13ClN2O4S. The molecule has 112 valence electrons. The van der Waals surface area contributed by atoms with Crippen molar-refractivity contribution >= 4 is 27.6 Å². The highest BCUT2D eigenvalue weighted by Gasteiger charge is 2.45. The average molecular weight is 329 g/mol. The van der Waals surface area contributed by atoms with Crippen LogP contribution < -0.4 is 0 Å². The van der Waals surface area contributed by atoms with Crippen LogP contribution in [-0.2, 0) is 14.8 Å². The number of sulfonamides is 1. The molecule has 0 spiro atoms. The van der Waals surface area contributed by atoms with E-state index >= 15 is 0 Å². The summed E-state index contributed by atoms with van der Waals surface area (Å²) < 4.78 is 26.3. The summed E-state index contributed by atoms with van der Waals surface area (Å²) in [6.07, 6.45) is 0.226. The SMILES string of the molecule is C[C@@]1(C(=O)O)CCN(S(=O)(=O)c2cccc(Cl)c2C#N)C1. The molecular weight excluding hydrogens is 316 g/mol. The number of halogens is 1. The number of carboxylic acid groups (broad SMARTS) is 1. The van der Waals surface area contributed by atoms with Gasteiger partial charge in [0.1, 0.15) is 11.0 Å². The van der Waals surface area contributed by atoms with Gasteiger partial charge in [0.25, 0.3) is 0 Å². The van der Waals surface area contributed by atoms with E-state index in [0.717, 1.165) is 4.31 Å². The predicted octanol–water partition coefficient (Wildman–Crippen LogP) is 1.70. The Morgan fingerprint density at radius 3 is 2.71 bits per heavy atom. The summed E-state index contributed by atoms with van der Waals surface area (Å²) in [7, 11) is -3.95. The van der Waals surface area contributed by atoms with Crippen LogP contribution in [-0.4, -0.2) is 36.9 Å². The van der Waals surface area contributed by atoms with Crippen molar-refractivity contribution in [1.29, 1.82) is 5.26 Å². The second-order valence-electron chi connectivity index (χ2n) is 5.18.